The lowest BCUT2D eigenvalue weighted by Crippen LogP contribution is -2.47. The Kier molecular flexibility index (Phi) is 5.76. The highest BCUT2D eigenvalue weighted by atomic mass is 32.1. The number of rotatable bonds is 6. The van der Waals surface area contributed by atoms with Gasteiger partial charge in [0.1, 0.15) is 5.82 Å². The zero-order valence-electron chi connectivity index (χ0n) is 19.0. The first kappa shape index (κ1) is 20.9. The summed E-state index contributed by atoms with van der Waals surface area (Å²) >= 11 is 1.62. The fourth-order valence-electron chi connectivity index (χ4n) is 5.36. The molecule has 4 nitrogen and oxygen atoms in total. The van der Waals surface area contributed by atoms with E-state index in [4.69, 9.17) is 4.37 Å². The number of piperazine rings is 1. The fraction of sp³-hybridized carbons (Fsp3) is 0.500. The average Bonchev–Trinajstić information content (AvgIpc) is 3.32. The van der Waals surface area contributed by atoms with Crippen LogP contribution in [-0.2, 0) is 18.3 Å². The van der Waals surface area contributed by atoms with E-state index in [1.54, 1.807) is 17.1 Å². The molecule has 0 bridgehead atoms. The van der Waals surface area contributed by atoms with Crippen molar-refractivity contribution >= 4 is 27.4 Å². The van der Waals surface area contributed by atoms with Crippen LogP contribution in [0.3, 0.4) is 0 Å². The first-order valence-electron chi connectivity index (χ1n) is 11.7. The van der Waals surface area contributed by atoms with Gasteiger partial charge in [-0.25, -0.2) is 0 Å². The summed E-state index contributed by atoms with van der Waals surface area (Å²) in [5.41, 5.74) is 4.78. The molecule has 2 aromatic carbocycles. The maximum atomic E-state index is 4.75. The Morgan fingerprint density at radius 3 is 2.71 bits per heavy atom. The van der Waals surface area contributed by atoms with E-state index < -0.39 is 0 Å². The summed E-state index contributed by atoms with van der Waals surface area (Å²) in [6.45, 7) is 13.6. The zero-order chi connectivity index (χ0) is 21.4. The van der Waals surface area contributed by atoms with E-state index in [1.807, 2.05) is 0 Å². The third kappa shape index (κ3) is 3.99. The van der Waals surface area contributed by atoms with E-state index in [0.29, 0.717) is 6.04 Å². The standard InChI is InChI=1S/C26H34N4S/c1-4-27-24-18-20-10-9-19(17-22(20)26(24,2)3)11-12-29-13-15-30(16-14-29)25-21-7-5-6-8-23(21)31-28-25/h5-10,17,24,27H,4,11-16,18H2,1-3H3. The first-order chi connectivity index (χ1) is 15.1. The van der Waals surface area contributed by atoms with Crippen LogP contribution in [0.1, 0.15) is 37.5 Å². The lowest BCUT2D eigenvalue weighted by molar-refractivity contribution is 0.260. The van der Waals surface area contributed by atoms with E-state index in [0.717, 1.165) is 52.1 Å². The van der Waals surface area contributed by atoms with Crippen molar-refractivity contribution in [1.82, 2.24) is 14.6 Å². The van der Waals surface area contributed by atoms with E-state index in [-0.39, 0.29) is 5.41 Å². The number of hydrogen-bond donors (Lipinski definition) is 1. The van der Waals surface area contributed by atoms with Crippen molar-refractivity contribution in [3.8, 4) is 0 Å². The van der Waals surface area contributed by atoms with E-state index >= 15 is 0 Å². The third-order valence-electron chi connectivity index (χ3n) is 7.36. The molecular weight excluding hydrogens is 400 g/mol. The van der Waals surface area contributed by atoms with Crippen molar-refractivity contribution in [3.63, 3.8) is 0 Å². The third-order valence-corrected chi connectivity index (χ3v) is 8.18. The molecule has 2 heterocycles. The number of nitrogens with zero attached hydrogens (tertiary/aromatic N) is 3. The number of aromatic nitrogens is 1. The minimum Gasteiger partial charge on any atom is -0.353 e. The van der Waals surface area contributed by atoms with Crippen LogP contribution in [-0.4, -0.2) is 54.6 Å². The van der Waals surface area contributed by atoms with Crippen LogP contribution in [0.25, 0.3) is 10.1 Å². The number of hydrogen-bond acceptors (Lipinski definition) is 5. The Morgan fingerprint density at radius 2 is 1.90 bits per heavy atom. The summed E-state index contributed by atoms with van der Waals surface area (Å²) in [5.74, 6) is 1.18. The molecule has 3 aromatic rings. The smallest absolute Gasteiger partial charge is 0.150 e. The topological polar surface area (TPSA) is 31.4 Å². The summed E-state index contributed by atoms with van der Waals surface area (Å²) in [4.78, 5) is 5.08. The van der Waals surface area contributed by atoms with Crippen LogP contribution in [0.2, 0.25) is 0 Å². The molecular formula is C26H34N4S. The number of anilines is 1. The molecule has 1 saturated heterocycles. The zero-order valence-corrected chi connectivity index (χ0v) is 19.8. The molecule has 1 fully saturated rings. The minimum absolute atomic E-state index is 0.212. The molecule has 0 amide bonds. The molecule has 1 N–H and O–H groups in total. The lowest BCUT2D eigenvalue weighted by atomic mass is 9.82. The van der Waals surface area contributed by atoms with Crippen molar-refractivity contribution in [2.45, 2.75) is 45.1 Å². The van der Waals surface area contributed by atoms with Gasteiger partial charge in [0, 0.05) is 49.6 Å². The lowest BCUT2D eigenvalue weighted by Gasteiger charge is -2.35. The van der Waals surface area contributed by atoms with Crippen LogP contribution >= 0.6 is 11.5 Å². The van der Waals surface area contributed by atoms with Crippen molar-refractivity contribution in [1.29, 1.82) is 0 Å². The maximum absolute atomic E-state index is 4.75. The highest BCUT2D eigenvalue weighted by molar-refractivity contribution is 7.13. The summed E-state index contributed by atoms with van der Waals surface area (Å²) in [7, 11) is 0. The van der Waals surface area contributed by atoms with Crippen LogP contribution in [0.4, 0.5) is 5.82 Å². The van der Waals surface area contributed by atoms with Gasteiger partial charge in [0.15, 0.2) is 0 Å². The second-order valence-corrected chi connectivity index (χ2v) is 10.4. The van der Waals surface area contributed by atoms with Crippen molar-refractivity contribution in [2.24, 2.45) is 0 Å². The Bertz CT molecular complexity index is 1050. The van der Waals surface area contributed by atoms with Gasteiger partial charge >= 0.3 is 0 Å². The van der Waals surface area contributed by atoms with Gasteiger partial charge < -0.3 is 10.2 Å². The molecule has 5 heteroatoms. The van der Waals surface area contributed by atoms with Gasteiger partial charge in [-0.05, 0) is 59.7 Å². The molecule has 1 aliphatic heterocycles. The largest absolute Gasteiger partial charge is 0.353 e. The average molecular weight is 435 g/mol. The van der Waals surface area contributed by atoms with Gasteiger partial charge in [0.2, 0.25) is 0 Å². The highest BCUT2D eigenvalue weighted by Gasteiger charge is 2.38. The van der Waals surface area contributed by atoms with Crippen LogP contribution < -0.4 is 10.2 Å². The number of nitrogens with one attached hydrogen (secondary N) is 1. The summed E-state index contributed by atoms with van der Waals surface area (Å²) in [6, 6.07) is 16.4. The molecule has 1 atom stereocenters. The van der Waals surface area contributed by atoms with Gasteiger partial charge in [-0.2, -0.15) is 4.37 Å². The van der Waals surface area contributed by atoms with E-state index in [2.05, 4.69) is 78.4 Å². The van der Waals surface area contributed by atoms with Crippen molar-refractivity contribution < 1.29 is 0 Å². The Labute approximate surface area is 190 Å². The molecule has 164 valence electrons. The van der Waals surface area contributed by atoms with Gasteiger partial charge in [0.05, 0.1) is 4.70 Å². The predicted molar refractivity (Wildman–Crippen MR) is 133 cm³/mol. The highest BCUT2D eigenvalue weighted by Crippen LogP contribution is 2.39. The van der Waals surface area contributed by atoms with Gasteiger partial charge in [-0.15, -0.1) is 0 Å². The van der Waals surface area contributed by atoms with Crippen LogP contribution in [0, 0.1) is 0 Å². The minimum atomic E-state index is 0.212. The number of benzene rings is 2. The molecule has 0 radical (unpaired) electrons. The number of fused-ring (bicyclic) bond motifs is 2. The Hall–Kier alpha value is -1.95. The van der Waals surface area contributed by atoms with E-state index in [9.17, 15) is 0 Å². The summed E-state index contributed by atoms with van der Waals surface area (Å²) < 4.78 is 6.04. The molecule has 5 rings (SSSR count). The van der Waals surface area contributed by atoms with Crippen LogP contribution in [0.5, 0.6) is 0 Å². The van der Waals surface area contributed by atoms with Gasteiger partial charge in [-0.1, -0.05) is 51.1 Å². The summed E-state index contributed by atoms with van der Waals surface area (Å²) in [5, 5.41) is 5.00. The quantitative estimate of drug-likeness (QED) is 0.620. The Morgan fingerprint density at radius 1 is 1.10 bits per heavy atom. The van der Waals surface area contributed by atoms with Crippen LogP contribution in [0.15, 0.2) is 42.5 Å². The van der Waals surface area contributed by atoms with Gasteiger partial charge in [0.25, 0.3) is 0 Å². The second kappa shape index (κ2) is 8.53. The monoisotopic (exact) mass is 434 g/mol. The second-order valence-electron chi connectivity index (χ2n) is 9.61. The van der Waals surface area contributed by atoms with E-state index in [1.165, 1.54) is 27.0 Å². The SMILES string of the molecule is CCNC1Cc2ccc(CCN3CCN(c4nsc5ccccc45)CC3)cc2C1(C)C. The number of likely N-dealkylation sites (N-methyl/N-ethyl adjacent to an activating group) is 1. The first-order valence-corrected chi connectivity index (χ1v) is 12.5. The maximum Gasteiger partial charge on any atom is 0.150 e. The summed E-state index contributed by atoms with van der Waals surface area (Å²) in [6.07, 6.45) is 2.29. The molecule has 0 spiro atoms. The molecule has 1 unspecified atom stereocenters. The molecule has 2 aliphatic rings. The van der Waals surface area contributed by atoms with Crippen molar-refractivity contribution in [2.75, 3.05) is 44.2 Å². The molecule has 0 saturated carbocycles. The Balaban J connectivity index is 1.19. The molecule has 1 aliphatic carbocycles. The van der Waals surface area contributed by atoms with Crippen molar-refractivity contribution in [3.05, 3.63) is 59.2 Å². The molecule has 31 heavy (non-hydrogen) atoms. The van der Waals surface area contributed by atoms with Gasteiger partial charge in [-0.3, -0.25) is 4.90 Å². The predicted octanol–water partition coefficient (Wildman–Crippen LogP) is 4.47. The fourth-order valence-corrected chi connectivity index (χ4v) is 6.16. The molecule has 1 aromatic heterocycles. The normalized spacial score (nSPS) is 21.0.